The average Bonchev–Trinajstić information content (AvgIpc) is 2.33. The lowest BCUT2D eigenvalue weighted by Crippen LogP contribution is -2.57. The molecule has 0 bridgehead atoms. The molecule has 1 aromatic rings. The maximum absolute atomic E-state index is 3.69. The fourth-order valence-electron chi connectivity index (χ4n) is 2.51. The van der Waals surface area contributed by atoms with Crippen LogP contribution in [0.25, 0.3) is 0 Å². The minimum Gasteiger partial charge on any atom is -0.365 e. The van der Waals surface area contributed by atoms with Crippen LogP contribution >= 0.6 is 15.9 Å². The smallest absolute Gasteiger partial charge is 0.0516 e. The monoisotopic (exact) mass is 310 g/mol. The zero-order valence-electron chi connectivity index (χ0n) is 11.7. The zero-order valence-corrected chi connectivity index (χ0v) is 13.3. The van der Waals surface area contributed by atoms with Crippen molar-refractivity contribution in [2.75, 3.05) is 18.0 Å². The lowest BCUT2D eigenvalue weighted by molar-refractivity contribution is 0.336. The zero-order chi connectivity index (χ0) is 13.3. The summed E-state index contributed by atoms with van der Waals surface area (Å²) in [6.45, 7) is 11.2. The van der Waals surface area contributed by atoms with E-state index in [9.17, 15) is 0 Å². The predicted octanol–water partition coefficient (Wildman–Crippen LogP) is 3.58. The quantitative estimate of drug-likeness (QED) is 0.898. The van der Waals surface area contributed by atoms with E-state index < -0.39 is 0 Å². The number of anilines is 1. The number of nitrogens with one attached hydrogen (secondary N) is 1. The minimum atomic E-state index is 0.540. The van der Waals surface area contributed by atoms with Crippen molar-refractivity contribution in [2.45, 2.75) is 39.8 Å². The van der Waals surface area contributed by atoms with E-state index >= 15 is 0 Å². The van der Waals surface area contributed by atoms with Crippen LogP contribution in [0.4, 0.5) is 5.69 Å². The SMILES string of the molecule is Cc1ccc(Br)c(N2CC(C(C)C)NCC2C)c1. The van der Waals surface area contributed by atoms with E-state index in [1.165, 1.54) is 15.7 Å². The molecule has 1 aliphatic heterocycles. The maximum Gasteiger partial charge on any atom is 0.0516 e. The van der Waals surface area contributed by atoms with Gasteiger partial charge in [-0.3, -0.25) is 0 Å². The Hall–Kier alpha value is -0.540. The number of benzene rings is 1. The third-order valence-electron chi connectivity index (χ3n) is 3.82. The first kappa shape index (κ1) is 13.9. The largest absolute Gasteiger partial charge is 0.365 e. The van der Waals surface area contributed by atoms with Crippen molar-refractivity contribution in [1.29, 1.82) is 0 Å². The molecule has 0 aliphatic carbocycles. The Morgan fingerprint density at radius 3 is 2.78 bits per heavy atom. The van der Waals surface area contributed by atoms with Gasteiger partial charge < -0.3 is 10.2 Å². The van der Waals surface area contributed by atoms with Crippen molar-refractivity contribution in [1.82, 2.24) is 5.32 Å². The third kappa shape index (κ3) is 2.89. The summed E-state index contributed by atoms with van der Waals surface area (Å²) in [4.78, 5) is 2.53. The summed E-state index contributed by atoms with van der Waals surface area (Å²) in [6, 6.07) is 7.71. The summed E-state index contributed by atoms with van der Waals surface area (Å²) in [6.07, 6.45) is 0. The van der Waals surface area contributed by atoms with Gasteiger partial charge in [-0.25, -0.2) is 0 Å². The van der Waals surface area contributed by atoms with E-state index in [4.69, 9.17) is 0 Å². The first-order chi connectivity index (χ1) is 8.49. The molecular weight excluding hydrogens is 288 g/mol. The summed E-state index contributed by atoms with van der Waals surface area (Å²) in [5.74, 6) is 0.670. The van der Waals surface area contributed by atoms with Crippen LogP contribution in [-0.2, 0) is 0 Å². The molecule has 18 heavy (non-hydrogen) atoms. The number of halogens is 1. The number of aryl methyl sites for hydroxylation is 1. The highest BCUT2D eigenvalue weighted by atomic mass is 79.9. The molecule has 100 valence electrons. The Kier molecular flexibility index (Phi) is 4.33. The number of piperazine rings is 1. The van der Waals surface area contributed by atoms with Gasteiger partial charge in [0.2, 0.25) is 0 Å². The molecule has 2 atom stereocenters. The van der Waals surface area contributed by atoms with Crippen molar-refractivity contribution in [3.63, 3.8) is 0 Å². The lowest BCUT2D eigenvalue weighted by Gasteiger charge is -2.42. The second-order valence-electron chi connectivity index (χ2n) is 5.72. The number of hydrogen-bond acceptors (Lipinski definition) is 2. The highest BCUT2D eigenvalue weighted by molar-refractivity contribution is 9.10. The molecule has 2 unspecified atom stereocenters. The summed E-state index contributed by atoms with van der Waals surface area (Å²) < 4.78 is 1.20. The van der Waals surface area contributed by atoms with Gasteiger partial charge in [0.05, 0.1) is 5.69 Å². The van der Waals surface area contributed by atoms with Crippen molar-refractivity contribution in [3.05, 3.63) is 28.2 Å². The van der Waals surface area contributed by atoms with Gasteiger partial charge in [0.15, 0.2) is 0 Å². The molecule has 1 heterocycles. The van der Waals surface area contributed by atoms with Crippen LogP contribution in [0.5, 0.6) is 0 Å². The Bertz CT molecular complexity index is 417. The van der Waals surface area contributed by atoms with Crippen molar-refractivity contribution < 1.29 is 0 Å². The summed E-state index contributed by atoms with van der Waals surface area (Å²) in [5, 5.41) is 3.65. The average molecular weight is 311 g/mol. The molecule has 0 radical (unpaired) electrons. The van der Waals surface area contributed by atoms with E-state index in [1.54, 1.807) is 0 Å². The van der Waals surface area contributed by atoms with Gasteiger partial charge in [-0.05, 0) is 53.4 Å². The highest BCUT2D eigenvalue weighted by Crippen LogP contribution is 2.30. The van der Waals surface area contributed by atoms with Gasteiger partial charge in [-0.2, -0.15) is 0 Å². The van der Waals surface area contributed by atoms with Crippen LogP contribution < -0.4 is 10.2 Å². The molecular formula is C15H23BrN2. The molecule has 1 saturated heterocycles. The molecule has 0 spiro atoms. The van der Waals surface area contributed by atoms with Gasteiger partial charge in [0, 0.05) is 29.6 Å². The standard InChI is InChI=1S/C15H23BrN2/c1-10(2)14-9-18(12(4)8-17-14)15-7-11(3)5-6-13(15)16/h5-7,10,12,14,17H,8-9H2,1-4H3. The first-order valence-electron chi connectivity index (χ1n) is 6.75. The number of hydrogen-bond donors (Lipinski definition) is 1. The van der Waals surface area contributed by atoms with E-state index in [0.717, 1.165) is 13.1 Å². The second-order valence-corrected chi connectivity index (χ2v) is 6.57. The fourth-order valence-corrected chi connectivity index (χ4v) is 2.99. The Balaban J connectivity index is 2.26. The number of rotatable bonds is 2. The van der Waals surface area contributed by atoms with Crippen LogP contribution in [0, 0.1) is 12.8 Å². The molecule has 0 amide bonds. The van der Waals surface area contributed by atoms with Crippen LogP contribution in [0.3, 0.4) is 0 Å². The molecule has 2 rings (SSSR count). The Labute approximate surface area is 119 Å². The van der Waals surface area contributed by atoms with Crippen LogP contribution in [0.1, 0.15) is 26.3 Å². The number of nitrogens with zero attached hydrogens (tertiary/aromatic N) is 1. The fraction of sp³-hybridized carbons (Fsp3) is 0.600. The van der Waals surface area contributed by atoms with E-state index in [2.05, 4.69) is 72.0 Å². The van der Waals surface area contributed by atoms with Crippen LogP contribution in [0.2, 0.25) is 0 Å². The maximum atomic E-state index is 3.69. The molecule has 1 N–H and O–H groups in total. The van der Waals surface area contributed by atoms with Crippen LogP contribution in [0.15, 0.2) is 22.7 Å². The summed E-state index contributed by atoms with van der Waals surface area (Å²) in [5.41, 5.74) is 2.65. The minimum absolute atomic E-state index is 0.540. The van der Waals surface area contributed by atoms with Gasteiger partial charge in [-0.1, -0.05) is 19.9 Å². The lowest BCUT2D eigenvalue weighted by atomic mass is 9.99. The van der Waals surface area contributed by atoms with Gasteiger partial charge in [-0.15, -0.1) is 0 Å². The van der Waals surface area contributed by atoms with Gasteiger partial charge in [0.1, 0.15) is 0 Å². The van der Waals surface area contributed by atoms with Crippen molar-refractivity contribution >= 4 is 21.6 Å². The summed E-state index contributed by atoms with van der Waals surface area (Å²) >= 11 is 3.69. The van der Waals surface area contributed by atoms with Crippen LogP contribution in [-0.4, -0.2) is 25.2 Å². The molecule has 0 saturated carbocycles. The highest BCUT2D eigenvalue weighted by Gasteiger charge is 2.27. The normalized spacial score (nSPS) is 24.7. The Morgan fingerprint density at radius 2 is 2.11 bits per heavy atom. The molecule has 3 heteroatoms. The van der Waals surface area contributed by atoms with Gasteiger partial charge >= 0.3 is 0 Å². The molecule has 1 aliphatic rings. The van der Waals surface area contributed by atoms with Crippen molar-refractivity contribution in [2.24, 2.45) is 5.92 Å². The van der Waals surface area contributed by atoms with E-state index in [0.29, 0.717) is 18.0 Å². The van der Waals surface area contributed by atoms with E-state index in [1.807, 2.05) is 0 Å². The first-order valence-corrected chi connectivity index (χ1v) is 7.54. The Morgan fingerprint density at radius 1 is 1.39 bits per heavy atom. The van der Waals surface area contributed by atoms with E-state index in [-0.39, 0.29) is 0 Å². The molecule has 2 nitrogen and oxygen atoms in total. The van der Waals surface area contributed by atoms with Crippen molar-refractivity contribution in [3.8, 4) is 0 Å². The topological polar surface area (TPSA) is 15.3 Å². The molecule has 1 aromatic carbocycles. The molecule has 1 fully saturated rings. The summed E-state index contributed by atoms with van der Waals surface area (Å²) in [7, 11) is 0. The predicted molar refractivity (Wildman–Crippen MR) is 82.3 cm³/mol. The van der Waals surface area contributed by atoms with Gasteiger partial charge in [0.25, 0.3) is 0 Å². The third-order valence-corrected chi connectivity index (χ3v) is 4.49. The molecule has 0 aromatic heterocycles. The second kappa shape index (κ2) is 5.62.